The molecular weight excluding hydrogens is 306 g/mol. The second-order valence-electron chi connectivity index (χ2n) is 4.51. The van der Waals surface area contributed by atoms with Crippen LogP contribution < -0.4 is 5.73 Å². The van der Waals surface area contributed by atoms with Gasteiger partial charge in [0.1, 0.15) is 11.5 Å². The van der Waals surface area contributed by atoms with Crippen molar-refractivity contribution in [3.05, 3.63) is 58.1 Å². The van der Waals surface area contributed by atoms with Gasteiger partial charge in [-0.2, -0.15) is 0 Å². The summed E-state index contributed by atoms with van der Waals surface area (Å²) in [6.45, 7) is 0.531. The fourth-order valence-corrected chi connectivity index (χ4v) is 2.47. The number of hydrogen-bond donors (Lipinski definition) is 3. The lowest BCUT2D eigenvalue weighted by molar-refractivity contribution is 0.471. The number of rotatable bonds is 4. The summed E-state index contributed by atoms with van der Waals surface area (Å²) in [5.41, 5.74) is 8.04. The molecule has 0 saturated heterocycles. The van der Waals surface area contributed by atoms with Crippen molar-refractivity contribution in [3.63, 3.8) is 0 Å². The highest BCUT2D eigenvalue weighted by Crippen LogP contribution is 2.28. The fourth-order valence-electron chi connectivity index (χ4n) is 2.05. The Balaban J connectivity index is 2.18. The molecule has 3 nitrogen and oxygen atoms in total. The molecular formula is C15H16BrNO2. The van der Waals surface area contributed by atoms with Gasteiger partial charge in [-0.15, -0.1) is 0 Å². The van der Waals surface area contributed by atoms with E-state index < -0.39 is 0 Å². The van der Waals surface area contributed by atoms with Crippen LogP contribution in [0.1, 0.15) is 17.0 Å². The summed E-state index contributed by atoms with van der Waals surface area (Å²) in [5.74, 6) is 0.682. The van der Waals surface area contributed by atoms with Crippen molar-refractivity contribution in [3.8, 4) is 11.5 Å². The quantitative estimate of drug-likeness (QED) is 0.810. The van der Waals surface area contributed by atoms with Crippen LogP contribution in [0.25, 0.3) is 0 Å². The Morgan fingerprint density at radius 2 is 1.74 bits per heavy atom. The van der Waals surface area contributed by atoms with Crippen LogP contribution >= 0.6 is 15.9 Å². The van der Waals surface area contributed by atoms with Crippen molar-refractivity contribution >= 4 is 15.9 Å². The summed E-state index contributed by atoms with van der Waals surface area (Å²) in [4.78, 5) is 0. The third-order valence-corrected chi connectivity index (χ3v) is 3.78. The predicted molar refractivity (Wildman–Crippen MR) is 79.4 cm³/mol. The fraction of sp³-hybridized carbons (Fsp3) is 0.200. The van der Waals surface area contributed by atoms with Crippen LogP contribution in [0.15, 0.2) is 46.9 Å². The van der Waals surface area contributed by atoms with E-state index in [4.69, 9.17) is 5.73 Å². The summed E-state index contributed by atoms with van der Waals surface area (Å²) in [6, 6.07) is 12.6. The Morgan fingerprint density at radius 1 is 1.05 bits per heavy atom. The number of nitrogens with two attached hydrogens (primary N) is 1. The van der Waals surface area contributed by atoms with Gasteiger partial charge in [0.15, 0.2) is 0 Å². The van der Waals surface area contributed by atoms with Crippen LogP contribution in [-0.2, 0) is 6.42 Å². The molecule has 2 aromatic carbocycles. The Hall–Kier alpha value is -1.52. The van der Waals surface area contributed by atoms with Gasteiger partial charge in [-0.25, -0.2) is 0 Å². The van der Waals surface area contributed by atoms with Gasteiger partial charge in [-0.05, 0) is 64.3 Å². The third-order valence-electron chi connectivity index (χ3n) is 3.14. The molecule has 2 aromatic rings. The van der Waals surface area contributed by atoms with Crippen molar-refractivity contribution in [2.75, 3.05) is 6.54 Å². The maximum Gasteiger partial charge on any atom is 0.129 e. The Bertz CT molecular complexity index is 555. The standard InChI is InChI=1S/C15H16BrNO2/c16-14-8-10(1-6-15(14)19)7-12(9-17)11-2-4-13(18)5-3-11/h1-6,8,12,18-19H,7,9,17H2. The maximum absolute atomic E-state index is 9.48. The highest BCUT2D eigenvalue weighted by molar-refractivity contribution is 9.10. The molecule has 4 N–H and O–H groups in total. The first-order valence-corrected chi connectivity index (χ1v) is 6.86. The van der Waals surface area contributed by atoms with Gasteiger partial charge in [0.05, 0.1) is 4.47 Å². The number of hydrogen-bond acceptors (Lipinski definition) is 3. The first-order valence-electron chi connectivity index (χ1n) is 6.06. The second-order valence-corrected chi connectivity index (χ2v) is 5.37. The smallest absolute Gasteiger partial charge is 0.129 e. The van der Waals surface area contributed by atoms with E-state index >= 15 is 0 Å². The zero-order chi connectivity index (χ0) is 13.8. The first-order chi connectivity index (χ1) is 9.10. The normalized spacial score (nSPS) is 12.3. The number of phenols is 2. The number of benzene rings is 2. The van der Waals surface area contributed by atoms with Gasteiger partial charge in [0.2, 0.25) is 0 Å². The molecule has 0 spiro atoms. The second kappa shape index (κ2) is 6.08. The lowest BCUT2D eigenvalue weighted by Crippen LogP contribution is -2.15. The van der Waals surface area contributed by atoms with Crippen LogP contribution in [0, 0.1) is 0 Å². The summed E-state index contributed by atoms with van der Waals surface area (Å²) in [7, 11) is 0. The van der Waals surface area contributed by atoms with E-state index in [1.807, 2.05) is 24.3 Å². The highest BCUT2D eigenvalue weighted by Gasteiger charge is 2.11. The van der Waals surface area contributed by atoms with Crippen LogP contribution in [0.3, 0.4) is 0 Å². The molecule has 0 heterocycles. The third kappa shape index (κ3) is 3.49. The van der Waals surface area contributed by atoms with Crippen molar-refractivity contribution in [1.29, 1.82) is 0 Å². The van der Waals surface area contributed by atoms with E-state index in [-0.39, 0.29) is 17.4 Å². The van der Waals surface area contributed by atoms with Crippen LogP contribution in [0.5, 0.6) is 11.5 Å². The molecule has 0 aliphatic carbocycles. The zero-order valence-electron chi connectivity index (χ0n) is 10.4. The van der Waals surface area contributed by atoms with E-state index in [9.17, 15) is 10.2 Å². The molecule has 1 unspecified atom stereocenters. The molecule has 0 saturated carbocycles. The predicted octanol–water partition coefficient (Wildman–Crippen LogP) is 3.15. The molecule has 100 valence electrons. The summed E-state index contributed by atoms with van der Waals surface area (Å²) < 4.78 is 0.687. The minimum atomic E-state index is 0.192. The van der Waals surface area contributed by atoms with Crippen LogP contribution in [0.4, 0.5) is 0 Å². The highest BCUT2D eigenvalue weighted by atomic mass is 79.9. The summed E-state index contributed by atoms with van der Waals surface area (Å²) in [5, 5.41) is 18.8. The number of halogens is 1. The lowest BCUT2D eigenvalue weighted by Gasteiger charge is -2.16. The minimum absolute atomic E-state index is 0.192. The van der Waals surface area contributed by atoms with E-state index in [1.165, 1.54) is 0 Å². The van der Waals surface area contributed by atoms with Gasteiger partial charge in [-0.3, -0.25) is 0 Å². The molecule has 19 heavy (non-hydrogen) atoms. The van der Waals surface area contributed by atoms with E-state index in [1.54, 1.807) is 18.2 Å². The largest absolute Gasteiger partial charge is 0.508 e. The van der Waals surface area contributed by atoms with Crippen molar-refractivity contribution < 1.29 is 10.2 Å². The molecule has 2 rings (SSSR count). The summed E-state index contributed by atoms with van der Waals surface area (Å²) >= 11 is 3.31. The number of aromatic hydroxyl groups is 2. The average molecular weight is 322 g/mol. The minimum Gasteiger partial charge on any atom is -0.508 e. The SMILES string of the molecule is NCC(Cc1ccc(O)c(Br)c1)c1ccc(O)cc1. The van der Waals surface area contributed by atoms with Gasteiger partial charge in [-0.1, -0.05) is 18.2 Å². The van der Waals surface area contributed by atoms with Gasteiger partial charge < -0.3 is 15.9 Å². The Morgan fingerprint density at radius 3 is 2.32 bits per heavy atom. The van der Waals surface area contributed by atoms with Crippen molar-refractivity contribution in [1.82, 2.24) is 0 Å². The Labute approximate surface area is 120 Å². The monoisotopic (exact) mass is 321 g/mol. The van der Waals surface area contributed by atoms with Crippen LogP contribution in [-0.4, -0.2) is 16.8 Å². The van der Waals surface area contributed by atoms with E-state index in [0.29, 0.717) is 11.0 Å². The van der Waals surface area contributed by atoms with Crippen LogP contribution in [0.2, 0.25) is 0 Å². The average Bonchev–Trinajstić information content (AvgIpc) is 2.41. The molecule has 0 aromatic heterocycles. The molecule has 1 atom stereocenters. The number of phenolic OH excluding ortho intramolecular Hbond substituents is 2. The first kappa shape index (κ1) is 13.9. The van der Waals surface area contributed by atoms with Gasteiger partial charge >= 0.3 is 0 Å². The van der Waals surface area contributed by atoms with Crippen molar-refractivity contribution in [2.24, 2.45) is 5.73 Å². The molecule has 0 aliphatic heterocycles. The zero-order valence-corrected chi connectivity index (χ0v) is 12.0. The molecule has 0 aliphatic rings. The lowest BCUT2D eigenvalue weighted by atomic mass is 9.92. The van der Waals surface area contributed by atoms with E-state index in [2.05, 4.69) is 15.9 Å². The Kier molecular flexibility index (Phi) is 4.45. The molecule has 0 bridgehead atoms. The summed E-state index contributed by atoms with van der Waals surface area (Å²) in [6.07, 6.45) is 0.792. The maximum atomic E-state index is 9.48. The topological polar surface area (TPSA) is 66.5 Å². The van der Waals surface area contributed by atoms with Gasteiger partial charge in [0.25, 0.3) is 0 Å². The molecule has 4 heteroatoms. The van der Waals surface area contributed by atoms with Gasteiger partial charge in [0, 0.05) is 5.92 Å². The molecule has 0 amide bonds. The van der Waals surface area contributed by atoms with E-state index in [0.717, 1.165) is 17.5 Å². The van der Waals surface area contributed by atoms with Crippen molar-refractivity contribution in [2.45, 2.75) is 12.3 Å². The molecule has 0 radical (unpaired) electrons. The molecule has 0 fully saturated rings.